The molecule has 7 heteroatoms. The van der Waals surface area contributed by atoms with Gasteiger partial charge in [-0.3, -0.25) is 9.79 Å². The molecule has 1 amide bonds. The van der Waals surface area contributed by atoms with Crippen LogP contribution >= 0.6 is 24.0 Å². The lowest BCUT2D eigenvalue weighted by Gasteiger charge is -2.30. The minimum absolute atomic E-state index is 0. The number of aromatic hydroxyl groups is 1. The molecule has 1 aliphatic heterocycles. The zero-order valence-electron chi connectivity index (χ0n) is 17.9. The second kappa shape index (κ2) is 13.0. The van der Waals surface area contributed by atoms with E-state index in [-0.39, 0.29) is 35.6 Å². The molecule has 0 atom stereocenters. The lowest BCUT2D eigenvalue weighted by Crippen LogP contribution is -2.43. The average molecular weight is 534 g/mol. The fourth-order valence-electron chi connectivity index (χ4n) is 3.42. The van der Waals surface area contributed by atoms with Gasteiger partial charge in [0.05, 0.1) is 0 Å². The van der Waals surface area contributed by atoms with Gasteiger partial charge in [-0.1, -0.05) is 42.5 Å². The molecular formula is C24H31IN4O2. The Morgan fingerprint density at radius 3 is 2.61 bits per heavy atom. The van der Waals surface area contributed by atoms with Crippen molar-refractivity contribution >= 4 is 41.4 Å². The summed E-state index contributed by atoms with van der Waals surface area (Å²) in [4.78, 5) is 19.1. The number of hydrogen-bond donors (Lipinski definition) is 3. The monoisotopic (exact) mass is 534 g/mol. The molecule has 0 spiro atoms. The lowest BCUT2D eigenvalue weighted by atomic mass is 10.00. The molecule has 0 aromatic heterocycles. The summed E-state index contributed by atoms with van der Waals surface area (Å²) in [6.45, 7) is 5.83. The number of phenols is 1. The summed E-state index contributed by atoms with van der Waals surface area (Å²) in [6.07, 6.45) is 4.02. The topological polar surface area (TPSA) is 77.0 Å². The highest BCUT2D eigenvalue weighted by atomic mass is 127. The zero-order chi connectivity index (χ0) is 21.2. The van der Waals surface area contributed by atoms with Crippen LogP contribution in [0.2, 0.25) is 0 Å². The highest BCUT2D eigenvalue weighted by Gasteiger charge is 2.16. The first-order chi connectivity index (χ1) is 14.7. The van der Waals surface area contributed by atoms with Crippen LogP contribution < -0.4 is 10.6 Å². The maximum Gasteiger partial charge on any atom is 0.251 e. The Labute approximate surface area is 201 Å². The standard InChI is InChI=1S/C24H30N4O2.HI/c1-2-25-24(28-16-12-20(13-17-28)19-8-4-3-5-9-19)27-15-7-14-26-23(30)21-10-6-11-22(29)18-21;/h3-6,8-12,18,29H,2,7,13-17H2,1H3,(H,25,27)(H,26,30);1H. The molecule has 3 rings (SSSR count). The minimum atomic E-state index is -0.184. The van der Waals surface area contributed by atoms with E-state index in [1.54, 1.807) is 18.2 Å². The van der Waals surface area contributed by atoms with Crippen molar-refractivity contribution in [2.45, 2.75) is 19.8 Å². The molecule has 0 saturated carbocycles. The van der Waals surface area contributed by atoms with Crippen molar-refractivity contribution in [1.29, 1.82) is 0 Å². The Balaban J connectivity index is 0.00000341. The van der Waals surface area contributed by atoms with Gasteiger partial charge in [-0.2, -0.15) is 0 Å². The Bertz CT molecular complexity index is 899. The highest BCUT2D eigenvalue weighted by Crippen LogP contribution is 2.22. The minimum Gasteiger partial charge on any atom is -0.508 e. The molecule has 2 aromatic carbocycles. The van der Waals surface area contributed by atoms with Crippen molar-refractivity contribution in [1.82, 2.24) is 15.5 Å². The third kappa shape index (κ3) is 7.57. The van der Waals surface area contributed by atoms with Crippen LogP contribution in [0.25, 0.3) is 5.57 Å². The molecule has 2 aromatic rings. The van der Waals surface area contributed by atoms with Crippen LogP contribution in [-0.2, 0) is 0 Å². The number of benzene rings is 2. The Morgan fingerprint density at radius 2 is 1.94 bits per heavy atom. The zero-order valence-corrected chi connectivity index (χ0v) is 20.2. The third-order valence-corrected chi connectivity index (χ3v) is 4.98. The van der Waals surface area contributed by atoms with Crippen molar-refractivity contribution in [2.24, 2.45) is 4.99 Å². The Kier molecular flexibility index (Phi) is 10.4. The van der Waals surface area contributed by atoms with Crippen molar-refractivity contribution in [2.75, 3.05) is 32.7 Å². The summed E-state index contributed by atoms with van der Waals surface area (Å²) < 4.78 is 0. The van der Waals surface area contributed by atoms with Crippen LogP contribution in [0.3, 0.4) is 0 Å². The number of phenolic OH excluding ortho intramolecular Hbond substituents is 1. The molecule has 3 N–H and O–H groups in total. The Morgan fingerprint density at radius 1 is 1.13 bits per heavy atom. The van der Waals surface area contributed by atoms with Crippen molar-refractivity contribution in [3.8, 4) is 5.75 Å². The van der Waals surface area contributed by atoms with Gasteiger partial charge in [0.15, 0.2) is 5.96 Å². The third-order valence-electron chi connectivity index (χ3n) is 4.98. The molecule has 1 heterocycles. The van der Waals surface area contributed by atoms with Gasteiger partial charge in [-0.25, -0.2) is 0 Å². The first-order valence-electron chi connectivity index (χ1n) is 10.5. The maximum absolute atomic E-state index is 12.1. The van der Waals surface area contributed by atoms with E-state index >= 15 is 0 Å². The van der Waals surface area contributed by atoms with Gasteiger partial charge in [0.1, 0.15) is 5.75 Å². The van der Waals surface area contributed by atoms with E-state index < -0.39 is 0 Å². The SMILES string of the molecule is CCNC(=NCCCNC(=O)c1cccc(O)c1)N1CC=C(c2ccccc2)CC1.I. The van der Waals surface area contributed by atoms with E-state index in [2.05, 4.69) is 52.8 Å². The molecule has 0 aliphatic carbocycles. The average Bonchev–Trinajstić information content (AvgIpc) is 2.79. The first-order valence-corrected chi connectivity index (χ1v) is 10.5. The number of carbonyl (C=O) groups excluding carboxylic acids is 1. The van der Waals surface area contributed by atoms with Gasteiger partial charge in [0.2, 0.25) is 0 Å². The van der Waals surface area contributed by atoms with Gasteiger partial charge in [-0.05, 0) is 49.1 Å². The van der Waals surface area contributed by atoms with E-state index in [4.69, 9.17) is 4.99 Å². The van der Waals surface area contributed by atoms with E-state index in [9.17, 15) is 9.90 Å². The van der Waals surface area contributed by atoms with Crippen LogP contribution in [0.5, 0.6) is 5.75 Å². The lowest BCUT2D eigenvalue weighted by molar-refractivity contribution is 0.0953. The van der Waals surface area contributed by atoms with Crippen LogP contribution in [-0.4, -0.2) is 54.6 Å². The quantitative estimate of drug-likeness (QED) is 0.218. The molecule has 6 nitrogen and oxygen atoms in total. The number of rotatable bonds is 7. The molecule has 1 aliphatic rings. The molecule has 166 valence electrons. The number of aliphatic imine (C=N–C) groups is 1. The predicted molar refractivity (Wildman–Crippen MR) is 137 cm³/mol. The smallest absolute Gasteiger partial charge is 0.251 e. The molecular weight excluding hydrogens is 503 g/mol. The molecule has 0 unspecified atom stereocenters. The molecule has 0 fully saturated rings. The van der Waals surface area contributed by atoms with Crippen LogP contribution in [0.15, 0.2) is 65.7 Å². The number of nitrogens with one attached hydrogen (secondary N) is 2. The normalized spacial score (nSPS) is 13.8. The van der Waals surface area contributed by atoms with E-state index in [1.165, 1.54) is 17.2 Å². The highest BCUT2D eigenvalue weighted by molar-refractivity contribution is 14.0. The second-order valence-electron chi connectivity index (χ2n) is 7.19. The number of guanidine groups is 1. The molecule has 31 heavy (non-hydrogen) atoms. The second-order valence-corrected chi connectivity index (χ2v) is 7.19. The largest absolute Gasteiger partial charge is 0.508 e. The van der Waals surface area contributed by atoms with Crippen molar-refractivity contribution in [3.05, 3.63) is 71.8 Å². The van der Waals surface area contributed by atoms with Crippen LogP contribution in [0.4, 0.5) is 0 Å². The number of carbonyl (C=O) groups is 1. The summed E-state index contributed by atoms with van der Waals surface area (Å²) >= 11 is 0. The molecule has 0 saturated heterocycles. The first kappa shape index (κ1) is 24.7. The van der Waals surface area contributed by atoms with Gasteiger partial charge in [0, 0.05) is 38.3 Å². The van der Waals surface area contributed by atoms with Crippen LogP contribution in [0.1, 0.15) is 35.7 Å². The van der Waals surface area contributed by atoms with Gasteiger partial charge < -0.3 is 20.6 Å². The van der Waals surface area contributed by atoms with Crippen LogP contribution in [0, 0.1) is 0 Å². The summed E-state index contributed by atoms with van der Waals surface area (Å²) in [6, 6.07) is 16.9. The number of hydrogen-bond acceptors (Lipinski definition) is 3. The summed E-state index contributed by atoms with van der Waals surface area (Å²) in [5.41, 5.74) is 3.14. The fourth-order valence-corrected chi connectivity index (χ4v) is 3.42. The Hall–Kier alpha value is -2.55. The predicted octanol–water partition coefficient (Wildman–Crippen LogP) is 3.88. The summed E-state index contributed by atoms with van der Waals surface area (Å²) in [5.74, 6) is 0.824. The van der Waals surface area contributed by atoms with Crippen molar-refractivity contribution < 1.29 is 9.90 Å². The maximum atomic E-state index is 12.1. The summed E-state index contributed by atoms with van der Waals surface area (Å²) in [5, 5.41) is 15.7. The number of nitrogens with zero attached hydrogens (tertiary/aromatic N) is 2. The van der Waals surface area contributed by atoms with Gasteiger partial charge >= 0.3 is 0 Å². The van der Waals surface area contributed by atoms with Crippen molar-refractivity contribution in [3.63, 3.8) is 0 Å². The fraction of sp³-hybridized carbons (Fsp3) is 0.333. The van der Waals surface area contributed by atoms with E-state index in [0.29, 0.717) is 18.7 Å². The number of halogens is 1. The molecule has 0 bridgehead atoms. The molecule has 0 radical (unpaired) electrons. The van der Waals surface area contributed by atoms with Gasteiger partial charge in [-0.15, -0.1) is 24.0 Å². The van der Waals surface area contributed by atoms with E-state index in [0.717, 1.165) is 38.4 Å². The van der Waals surface area contributed by atoms with Gasteiger partial charge in [0.25, 0.3) is 5.91 Å². The summed E-state index contributed by atoms with van der Waals surface area (Å²) in [7, 11) is 0. The van der Waals surface area contributed by atoms with E-state index in [1.807, 2.05) is 6.07 Å². The number of amides is 1.